The van der Waals surface area contributed by atoms with Crippen molar-refractivity contribution in [3.05, 3.63) is 114 Å². The van der Waals surface area contributed by atoms with Crippen LogP contribution >= 0.6 is 11.6 Å². The smallest absolute Gasteiger partial charge is 0.337 e. The Balaban J connectivity index is 0.936. The van der Waals surface area contributed by atoms with E-state index < -0.39 is 5.97 Å². The molecule has 0 unspecified atom stereocenters. The van der Waals surface area contributed by atoms with Gasteiger partial charge in [-0.25, -0.2) is 19.4 Å². The number of rotatable bonds is 10. The SMILES string of the molecule is Nc1ncnc2c1c(-c1ccc(Oc3ccccc3)cc1)nn2[C@@H]1CCCN(CCOc2ccc(-c3cc4c(C(=O)O)c[nH]c4cc3Cl)cc2)C1. The molecule has 4 aromatic carbocycles. The zero-order valence-corrected chi connectivity index (χ0v) is 28.3. The van der Waals surface area contributed by atoms with Gasteiger partial charge >= 0.3 is 5.97 Å². The van der Waals surface area contributed by atoms with Crippen LogP contribution in [0.25, 0.3) is 44.3 Å². The number of fused-ring (bicyclic) bond motifs is 2. The maximum atomic E-state index is 11.6. The Hall–Kier alpha value is -5.91. The molecule has 256 valence electrons. The molecule has 1 aliphatic rings. The molecule has 51 heavy (non-hydrogen) atoms. The molecule has 1 aliphatic heterocycles. The first-order chi connectivity index (χ1) is 24.9. The third kappa shape index (κ3) is 6.56. The highest BCUT2D eigenvalue weighted by Gasteiger charge is 2.27. The number of H-pyrrole nitrogens is 1. The first-order valence-electron chi connectivity index (χ1n) is 16.7. The molecule has 4 N–H and O–H groups in total. The van der Waals surface area contributed by atoms with Crippen LogP contribution in [0.3, 0.4) is 0 Å². The first-order valence-corrected chi connectivity index (χ1v) is 17.1. The fraction of sp³-hybridized carbons (Fsp3) is 0.179. The van der Waals surface area contributed by atoms with Crippen molar-refractivity contribution in [1.82, 2.24) is 29.6 Å². The molecule has 0 spiro atoms. The number of nitrogens with one attached hydrogen (secondary N) is 1. The van der Waals surface area contributed by atoms with Crippen molar-refractivity contribution < 1.29 is 19.4 Å². The molecule has 11 nitrogen and oxygen atoms in total. The summed E-state index contributed by atoms with van der Waals surface area (Å²) in [5.41, 5.74) is 11.3. The maximum Gasteiger partial charge on any atom is 0.337 e. The number of hydrogen-bond acceptors (Lipinski definition) is 8. The molecule has 1 saturated heterocycles. The van der Waals surface area contributed by atoms with Crippen LogP contribution in [-0.4, -0.2) is 66.9 Å². The maximum absolute atomic E-state index is 11.6. The van der Waals surface area contributed by atoms with E-state index in [4.69, 9.17) is 31.9 Å². The number of anilines is 1. The summed E-state index contributed by atoms with van der Waals surface area (Å²) in [6, 6.07) is 28.9. The molecule has 0 radical (unpaired) electrons. The Morgan fingerprint density at radius 1 is 0.961 bits per heavy atom. The van der Waals surface area contributed by atoms with E-state index >= 15 is 0 Å². The number of carboxylic acids is 1. The number of carboxylic acid groups (broad SMARTS) is 1. The lowest BCUT2D eigenvalue weighted by Crippen LogP contribution is -2.39. The summed E-state index contributed by atoms with van der Waals surface area (Å²) in [5.74, 6) is 1.65. The minimum atomic E-state index is -0.990. The van der Waals surface area contributed by atoms with Crippen molar-refractivity contribution in [2.24, 2.45) is 0 Å². The summed E-state index contributed by atoms with van der Waals surface area (Å²) >= 11 is 6.57. The standard InChI is InChI=1S/C39H34ClN7O4/c40-33-20-34-31(32(21-42-34)39(48)49)19-30(33)24-8-12-27(13-9-24)50-18-17-46-16-4-5-26(22-46)47-38-35(37(41)43-23-44-38)36(45-47)25-10-14-29(15-11-25)51-28-6-2-1-3-7-28/h1-3,6-15,19-21,23,26,42H,4-5,16-18,22H2,(H,48,49)(H2,41,43,44)/t26-/m1/s1. The van der Waals surface area contributed by atoms with Gasteiger partial charge in [-0.3, -0.25) is 4.90 Å². The van der Waals surface area contributed by atoms with Gasteiger partial charge in [0.05, 0.1) is 22.0 Å². The Bertz CT molecular complexity index is 2340. The number of halogens is 1. The van der Waals surface area contributed by atoms with Crippen LogP contribution < -0.4 is 15.2 Å². The second-order valence-corrected chi connectivity index (χ2v) is 13.0. The number of nitrogen functional groups attached to an aromatic ring is 1. The molecule has 1 atom stereocenters. The van der Waals surface area contributed by atoms with Gasteiger partial charge in [-0.2, -0.15) is 5.10 Å². The van der Waals surface area contributed by atoms with Crippen LogP contribution in [0.2, 0.25) is 5.02 Å². The summed E-state index contributed by atoms with van der Waals surface area (Å²) in [6.45, 7) is 3.02. The number of benzene rings is 4. The van der Waals surface area contributed by atoms with Gasteiger partial charge < -0.3 is 25.3 Å². The van der Waals surface area contributed by atoms with Crippen LogP contribution in [0.15, 0.2) is 104 Å². The van der Waals surface area contributed by atoms with E-state index in [1.165, 1.54) is 12.5 Å². The van der Waals surface area contributed by atoms with Gasteiger partial charge in [0.25, 0.3) is 0 Å². The van der Waals surface area contributed by atoms with E-state index in [0.717, 1.165) is 83.1 Å². The molecule has 7 aromatic rings. The third-order valence-electron chi connectivity index (χ3n) is 9.29. The van der Waals surface area contributed by atoms with Crippen molar-refractivity contribution in [3.63, 3.8) is 0 Å². The Morgan fingerprint density at radius 3 is 2.49 bits per heavy atom. The molecule has 0 aliphatic carbocycles. The fourth-order valence-electron chi connectivity index (χ4n) is 6.76. The Kier molecular flexibility index (Phi) is 8.73. The molecule has 4 heterocycles. The van der Waals surface area contributed by atoms with Crippen LogP contribution in [0.1, 0.15) is 29.2 Å². The predicted octanol–water partition coefficient (Wildman–Crippen LogP) is 8.08. The highest BCUT2D eigenvalue weighted by molar-refractivity contribution is 6.34. The molecular weight excluding hydrogens is 666 g/mol. The van der Waals surface area contributed by atoms with Gasteiger partial charge in [0.1, 0.15) is 41.7 Å². The molecule has 0 saturated carbocycles. The van der Waals surface area contributed by atoms with Crippen LogP contribution in [0.5, 0.6) is 17.2 Å². The minimum Gasteiger partial charge on any atom is -0.492 e. The molecule has 1 fully saturated rings. The lowest BCUT2D eigenvalue weighted by Gasteiger charge is -2.32. The average Bonchev–Trinajstić information content (AvgIpc) is 3.75. The number of nitrogens with two attached hydrogens (primary N) is 1. The van der Waals surface area contributed by atoms with E-state index in [9.17, 15) is 9.90 Å². The highest BCUT2D eigenvalue weighted by Crippen LogP contribution is 2.36. The molecule has 0 amide bonds. The molecule has 12 heteroatoms. The number of piperidine rings is 1. The number of aromatic nitrogens is 5. The zero-order chi connectivity index (χ0) is 34.9. The Morgan fingerprint density at radius 2 is 1.71 bits per heavy atom. The quantitative estimate of drug-likeness (QED) is 0.129. The molecule has 0 bridgehead atoms. The van der Waals surface area contributed by atoms with Gasteiger partial charge in [0.15, 0.2) is 5.65 Å². The van der Waals surface area contributed by atoms with E-state index in [0.29, 0.717) is 28.4 Å². The third-order valence-corrected chi connectivity index (χ3v) is 9.61. The van der Waals surface area contributed by atoms with Crippen molar-refractivity contribution in [1.29, 1.82) is 0 Å². The molecular formula is C39H34ClN7O4. The predicted molar refractivity (Wildman–Crippen MR) is 198 cm³/mol. The number of hydrogen-bond donors (Lipinski definition) is 3. The van der Waals surface area contributed by atoms with Gasteiger partial charge in [-0.15, -0.1) is 0 Å². The van der Waals surface area contributed by atoms with Gasteiger partial charge in [0, 0.05) is 41.3 Å². The van der Waals surface area contributed by atoms with Crippen molar-refractivity contribution in [3.8, 4) is 39.6 Å². The number of aromatic amines is 1. The molecule has 8 rings (SSSR count). The highest BCUT2D eigenvalue weighted by atomic mass is 35.5. The summed E-state index contributed by atoms with van der Waals surface area (Å²) in [7, 11) is 0. The van der Waals surface area contributed by atoms with Gasteiger partial charge in [-0.1, -0.05) is 41.9 Å². The summed E-state index contributed by atoms with van der Waals surface area (Å²) in [6.07, 6.45) is 4.96. The number of likely N-dealkylation sites (tertiary alicyclic amines) is 1. The molecule has 3 aromatic heterocycles. The van der Waals surface area contributed by atoms with E-state index in [1.54, 1.807) is 6.07 Å². The topological polar surface area (TPSA) is 144 Å². The van der Waals surface area contributed by atoms with Crippen molar-refractivity contribution in [2.45, 2.75) is 18.9 Å². The lowest BCUT2D eigenvalue weighted by atomic mass is 10.0. The second-order valence-electron chi connectivity index (χ2n) is 12.5. The number of aromatic carboxylic acids is 1. The largest absolute Gasteiger partial charge is 0.492 e. The van der Waals surface area contributed by atoms with Gasteiger partial charge in [0.2, 0.25) is 0 Å². The van der Waals surface area contributed by atoms with Gasteiger partial charge in [-0.05, 0) is 85.6 Å². The van der Waals surface area contributed by atoms with Crippen molar-refractivity contribution in [2.75, 3.05) is 32.0 Å². The second kappa shape index (κ2) is 13.8. The summed E-state index contributed by atoms with van der Waals surface area (Å²) in [4.78, 5) is 25.9. The lowest BCUT2D eigenvalue weighted by molar-refractivity contribution is 0.0699. The average molecular weight is 700 g/mol. The first kappa shape index (κ1) is 32.3. The summed E-state index contributed by atoms with van der Waals surface area (Å²) < 4.78 is 14.1. The summed E-state index contributed by atoms with van der Waals surface area (Å²) in [5, 5.41) is 16.5. The fourth-order valence-corrected chi connectivity index (χ4v) is 7.03. The van der Waals surface area contributed by atoms with Crippen LogP contribution in [0.4, 0.5) is 5.82 Å². The van der Waals surface area contributed by atoms with Crippen LogP contribution in [0, 0.1) is 0 Å². The van der Waals surface area contributed by atoms with Crippen molar-refractivity contribution >= 4 is 45.3 Å². The number of carbonyl (C=O) groups is 1. The zero-order valence-electron chi connectivity index (χ0n) is 27.5. The van der Waals surface area contributed by atoms with Crippen LogP contribution in [-0.2, 0) is 0 Å². The van der Waals surface area contributed by atoms with E-state index in [-0.39, 0.29) is 11.6 Å². The normalized spacial score (nSPS) is 15.0. The van der Waals surface area contributed by atoms with E-state index in [2.05, 4.69) is 19.9 Å². The Labute approximate surface area is 298 Å². The monoisotopic (exact) mass is 699 g/mol. The number of nitrogens with zero attached hydrogens (tertiary/aromatic N) is 5. The van der Waals surface area contributed by atoms with E-state index in [1.807, 2.05) is 89.6 Å². The minimum absolute atomic E-state index is 0.105. The number of para-hydroxylation sites is 1. The number of ether oxygens (including phenoxy) is 2.